The molecule has 0 saturated carbocycles. The molecule has 0 aromatic heterocycles. The zero-order valence-electron chi connectivity index (χ0n) is 12.1. The normalized spacial score (nSPS) is 13.2. The van der Waals surface area contributed by atoms with Gasteiger partial charge >= 0.3 is 5.97 Å². The van der Waals surface area contributed by atoms with Gasteiger partial charge in [-0.15, -0.1) is 0 Å². The Morgan fingerprint density at radius 1 is 0.905 bits per heavy atom. The van der Waals surface area contributed by atoms with Gasteiger partial charge in [0, 0.05) is 7.11 Å². The molecular formula is C17H18O4. The first-order valence-corrected chi connectivity index (χ1v) is 6.63. The summed E-state index contributed by atoms with van der Waals surface area (Å²) >= 11 is 0. The van der Waals surface area contributed by atoms with Crippen molar-refractivity contribution >= 4 is 5.97 Å². The zero-order valence-corrected chi connectivity index (χ0v) is 12.1. The molecule has 0 aliphatic carbocycles. The lowest BCUT2D eigenvalue weighted by molar-refractivity contribution is -0.158. The third kappa shape index (κ3) is 3.83. The van der Waals surface area contributed by atoms with E-state index in [2.05, 4.69) is 0 Å². The van der Waals surface area contributed by atoms with Crippen molar-refractivity contribution in [1.82, 2.24) is 0 Å². The van der Waals surface area contributed by atoms with E-state index < -0.39 is 18.2 Å². The first-order chi connectivity index (χ1) is 10.3. The predicted molar refractivity (Wildman–Crippen MR) is 79.1 cm³/mol. The summed E-state index contributed by atoms with van der Waals surface area (Å²) in [7, 11) is 2.80. The van der Waals surface area contributed by atoms with Crippen LogP contribution in [-0.4, -0.2) is 26.3 Å². The van der Waals surface area contributed by atoms with E-state index in [4.69, 9.17) is 14.2 Å². The topological polar surface area (TPSA) is 44.8 Å². The van der Waals surface area contributed by atoms with Crippen LogP contribution in [0.5, 0.6) is 5.75 Å². The highest BCUT2D eigenvalue weighted by Gasteiger charge is 2.32. The Balaban J connectivity index is 2.32. The van der Waals surface area contributed by atoms with Gasteiger partial charge in [-0.1, -0.05) is 48.5 Å². The lowest BCUT2D eigenvalue weighted by Crippen LogP contribution is -2.34. The van der Waals surface area contributed by atoms with Crippen LogP contribution in [0.1, 0.15) is 11.7 Å². The van der Waals surface area contributed by atoms with Crippen molar-refractivity contribution in [3.8, 4) is 5.75 Å². The molecule has 0 fully saturated rings. The molecule has 0 N–H and O–H groups in total. The van der Waals surface area contributed by atoms with Gasteiger partial charge in [-0.05, 0) is 17.7 Å². The van der Waals surface area contributed by atoms with Crippen LogP contribution in [0.15, 0.2) is 60.7 Å². The molecule has 0 saturated heterocycles. The Bertz CT molecular complexity index is 554. The smallest absolute Gasteiger partial charge is 0.339 e. The van der Waals surface area contributed by atoms with E-state index in [1.165, 1.54) is 14.2 Å². The van der Waals surface area contributed by atoms with Crippen LogP contribution in [0, 0.1) is 0 Å². The van der Waals surface area contributed by atoms with Crippen molar-refractivity contribution in [1.29, 1.82) is 0 Å². The summed E-state index contributed by atoms with van der Waals surface area (Å²) in [6.45, 7) is 0. The number of rotatable bonds is 6. The summed E-state index contributed by atoms with van der Waals surface area (Å²) in [5.74, 6) is 0.194. The summed E-state index contributed by atoms with van der Waals surface area (Å²) in [5, 5.41) is 0. The van der Waals surface area contributed by atoms with Gasteiger partial charge in [0.25, 0.3) is 0 Å². The minimum Gasteiger partial charge on any atom is -0.482 e. The average Bonchev–Trinajstić information content (AvgIpc) is 2.56. The first kappa shape index (κ1) is 15.1. The second-order valence-corrected chi connectivity index (χ2v) is 4.44. The number of esters is 1. The number of para-hydroxylation sites is 1. The van der Waals surface area contributed by atoms with Crippen molar-refractivity contribution in [2.45, 2.75) is 12.2 Å². The Morgan fingerprint density at radius 2 is 1.48 bits per heavy atom. The molecule has 110 valence electrons. The number of carbonyl (C=O) groups excluding carboxylic acids is 1. The summed E-state index contributed by atoms with van der Waals surface area (Å²) in [4.78, 5) is 11.9. The largest absolute Gasteiger partial charge is 0.482 e. The Labute approximate surface area is 124 Å². The van der Waals surface area contributed by atoms with Gasteiger partial charge in [-0.25, -0.2) is 4.79 Å². The third-order valence-electron chi connectivity index (χ3n) is 3.10. The Hall–Kier alpha value is -2.33. The molecule has 0 heterocycles. The predicted octanol–water partition coefficient (Wildman–Crippen LogP) is 2.99. The molecular weight excluding hydrogens is 268 g/mol. The Morgan fingerprint density at radius 3 is 2.00 bits per heavy atom. The number of benzene rings is 2. The Kier molecular flexibility index (Phi) is 5.35. The van der Waals surface area contributed by atoms with Crippen LogP contribution in [0.2, 0.25) is 0 Å². The average molecular weight is 286 g/mol. The minimum atomic E-state index is -0.836. The van der Waals surface area contributed by atoms with E-state index in [0.717, 1.165) is 5.56 Å². The maximum Gasteiger partial charge on any atom is 0.339 e. The maximum absolute atomic E-state index is 11.9. The molecule has 21 heavy (non-hydrogen) atoms. The highest BCUT2D eigenvalue weighted by molar-refractivity contribution is 5.75. The first-order valence-electron chi connectivity index (χ1n) is 6.63. The van der Waals surface area contributed by atoms with E-state index >= 15 is 0 Å². The highest BCUT2D eigenvalue weighted by Crippen LogP contribution is 2.26. The fourth-order valence-corrected chi connectivity index (χ4v) is 2.05. The number of ether oxygens (including phenoxy) is 3. The third-order valence-corrected chi connectivity index (χ3v) is 3.10. The van der Waals surface area contributed by atoms with E-state index in [1.807, 2.05) is 60.7 Å². The molecule has 2 atom stereocenters. The summed E-state index contributed by atoms with van der Waals surface area (Å²) in [6, 6.07) is 18.8. The van der Waals surface area contributed by atoms with E-state index in [9.17, 15) is 4.79 Å². The second kappa shape index (κ2) is 7.45. The van der Waals surface area contributed by atoms with Crippen molar-refractivity contribution < 1.29 is 19.0 Å². The SMILES string of the molecule is COC(=O)[C@H](OC)[C@@H](Oc1ccccc1)c1ccccc1. The molecule has 4 heteroatoms. The number of carbonyl (C=O) groups is 1. The molecule has 4 nitrogen and oxygen atoms in total. The van der Waals surface area contributed by atoms with Gasteiger partial charge in [0.05, 0.1) is 7.11 Å². The number of hydrogen-bond donors (Lipinski definition) is 0. The molecule has 0 aliphatic heterocycles. The maximum atomic E-state index is 11.9. The summed E-state index contributed by atoms with van der Waals surface area (Å²) < 4.78 is 16.0. The van der Waals surface area contributed by atoms with Crippen LogP contribution >= 0.6 is 0 Å². The summed E-state index contributed by atoms with van der Waals surface area (Å²) in [5.41, 5.74) is 0.846. The van der Waals surface area contributed by atoms with Crippen molar-refractivity contribution in [3.63, 3.8) is 0 Å². The van der Waals surface area contributed by atoms with Gasteiger partial charge in [0.15, 0.2) is 12.2 Å². The van der Waals surface area contributed by atoms with E-state index in [1.54, 1.807) is 0 Å². The lowest BCUT2D eigenvalue weighted by atomic mass is 10.0. The van der Waals surface area contributed by atoms with Gasteiger partial charge < -0.3 is 14.2 Å². The zero-order chi connectivity index (χ0) is 15.1. The van der Waals surface area contributed by atoms with Gasteiger partial charge in [0.1, 0.15) is 5.75 Å². The molecule has 0 bridgehead atoms. The van der Waals surface area contributed by atoms with Crippen LogP contribution in [0.25, 0.3) is 0 Å². The van der Waals surface area contributed by atoms with E-state index in [0.29, 0.717) is 5.75 Å². The van der Waals surface area contributed by atoms with Crippen LogP contribution in [0.4, 0.5) is 0 Å². The van der Waals surface area contributed by atoms with Crippen molar-refractivity contribution in [2.24, 2.45) is 0 Å². The highest BCUT2D eigenvalue weighted by atomic mass is 16.6. The van der Waals surface area contributed by atoms with Gasteiger partial charge in [-0.3, -0.25) is 0 Å². The van der Waals surface area contributed by atoms with Crippen molar-refractivity contribution in [2.75, 3.05) is 14.2 Å². The van der Waals surface area contributed by atoms with Gasteiger partial charge in [-0.2, -0.15) is 0 Å². The standard InChI is InChI=1S/C17H18O4/c1-19-16(17(18)20-2)15(13-9-5-3-6-10-13)21-14-11-7-4-8-12-14/h3-12,15-16H,1-2H3/t15-,16+/m0/s1. The fraction of sp³-hybridized carbons (Fsp3) is 0.235. The number of methoxy groups -OCH3 is 2. The quantitative estimate of drug-likeness (QED) is 0.766. The molecule has 2 aromatic carbocycles. The van der Waals surface area contributed by atoms with Crippen LogP contribution in [-0.2, 0) is 14.3 Å². The second-order valence-electron chi connectivity index (χ2n) is 4.44. The van der Waals surface area contributed by atoms with Gasteiger partial charge in [0.2, 0.25) is 0 Å². The number of hydrogen-bond acceptors (Lipinski definition) is 4. The van der Waals surface area contributed by atoms with Crippen LogP contribution < -0.4 is 4.74 Å². The minimum absolute atomic E-state index is 0.470. The fourth-order valence-electron chi connectivity index (χ4n) is 2.05. The van der Waals surface area contributed by atoms with E-state index in [-0.39, 0.29) is 0 Å². The van der Waals surface area contributed by atoms with Crippen LogP contribution in [0.3, 0.4) is 0 Å². The molecule has 2 rings (SSSR count). The molecule has 0 radical (unpaired) electrons. The molecule has 0 spiro atoms. The molecule has 0 amide bonds. The monoisotopic (exact) mass is 286 g/mol. The van der Waals surface area contributed by atoms with Crippen molar-refractivity contribution in [3.05, 3.63) is 66.2 Å². The molecule has 0 unspecified atom stereocenters. The molecule has 2 aromatic rings. The summed E-state index contributed by atoms with van der Waals surface area (Å²) in [6.07, 6.45) is -1.41. The molecule has 0 aliphatic rings. The lowest BCUT2D eigenvalue weighted by Gasteiger charge is -2.25.